The van der Waals surface area contributed by atoms with Crippen molar-refractivity contribution in [2.45, 2.75) is 49.5 Å². The van der Waals surface area contributed by atoms with Gasteiger partial charge < -0.3 is 4.90 Å². The van der Waals surface area contributed by atoms with Crippen molar-refractivity contribution in [3.63, 3.8) is 0 Å². The lowest BCUT2D eigenvalue weighted by Crippen LogP contribution is -2.46. The van der Waals surface area contributed by atoms with Crippen molar-refractivity contribution in [2.24, 2.45) is 0 Å². The molecule has 2 heterocycles. The largest absolute Gasteiger partial charge is 0.333 e. The molecule has 2 bridgehead atoms. The number of nitrogens with zero attached hydrogens (tertiary/aromatic N) is 1. The third-order valence-electron chi connectivity index (χ3n) is 4.33. The SMILES string of the molecule is Cc1ccc(C(=O)N2C3CCC2CC(Br)C3)cc1F. The van der Waals surface area contributed by atoms with Crippen molar-refractivity contribution in [3.8, 4) is 0 Å². The number of hydrogen-bond acceptors (Lipinski definition) is 1. The zero-order chi connectivity index (χ0) is 13.6. The number of hydrogen-bond donors (Lipinski definition) is 0. The molecule has 2 fully saturated rings. The second-order valence-electron chi connectivity index (χ2n) is 5.63. The first kappa shape index (κ1) is 13.1. The van der Waals surface area contributed by atoms with Crippen LogP contribution >= 0.6 is 15.9 Å². The summed E-state index contributed by atoms with van der Waals surface area (Å²) in [4.78, 5) is 15.1. The summed E-state index contributed by atoms with van der Waals surface area (Å²) < 4.78 is 13.6. The highest BCUT2D eigenvalue weighted by Crippen LogP contribution is 2.39. The van der Waals surface area contributed by atoms with Gasteiger partial charge in [-0.3, -0.25) is 4.79 Å². The number of rotatable bonds is 1. The smallest absolute Gasteiger partial charge is 0.254 e. The Balaban J connectivity index is 1.86. The quantitative estimate of drug-likeness (QED) is 0.721. The summed E-state index contributed by atoms with van der Waals surface area (Å²) in [5.41, 5.74) is 1.06. The molecule has 0 saturated carbocycles. The minimum Gasteiger partial charge on any atom is -0.333 e. The molecule has 1 amide bonds. The predicted octanol–water partition coefficient (Wildman–Crippen LogP) is 3.66. The van der Waals surface area contributed by atoms with E-state index in [2.05, 4.69) is 15.9 Å². The van der Waals surface area contributed by atoms with Crippen LogP contribution in [0, 0.1) is 12.7 Å². The van der Waals surface area contributed by atoms with Gasteiger partial charge >= 0.3 is 0 Å². The fraction of sp³-hybridized carbons (Fsp3) is 0.533. The monoisotopic (exact) mass is 325 g/mol. The first-order valence-electron chi connectivity index (χ1n) is 6.79. The molecule has 102 valence electrons. The maximum Gasteiger partial charge on any atom is 0.254 e. The molecule has 0 spiro atoms. The maximum absolute atomic E-state index is 13.6. The highest BCUT2D eigenvalue weighted by atomic mass is 79.9. The third kappa shape index (κ3) is 2.31. The first-order chi connectivity index (χ1) is 9.06. The van der Waals surface area contributed by atoms with E-state index in [1.165, 1.54) is 6.07 Å². The number of piperidine rings is 1. The maximum atomic E-state index is 13.6. The van der Waals surface area contributed by atoms with Gasteiger partial charge in [0.2, 0.25) is 0 Å². The second kappa shape index (κ2) is 4.89. The number of carbonyl (C=O) groups is 1. The van der Waals surface area contributed by atoms with Gasteiger partial charge in [0.25, 0.3) is 5.91 Å². The Morgan fingerprint density at radius 1 is 1.32 bits per heavy atom. The Labute approximate surface area is 121 Å². The Bertz CT molecular complexity index is 505. The second-order valence-corrected chi connectivity index (χ2v) is 6.93. The average Bonchev–Trinajstić information content (AvgIpc) is 2.64. The number of fused-ring (bicyclic) bond motifs is 2. The molecule has 0 aromatic heterocycles. The molecule has 0 N–H and O–H groups in total. The van der Waals surface area contributed by atoms with E-state index in [1.807, 2.05) is 4.90 Å². The summed E-state index contributed by atoms with van der Waals surface area (Å²) in [5, 5.41) is 0. The van der Waals surface area contributed by atoms with Crippen molar-refractivity contribution in [1.29, 1.82) is 0 Å². The molecule has 19 heavy (non-hydrogen) atoms. The van der Waals surface area contributed by atoms with E-state index in [1.54, 1.807) is 19.1 Å². The van der Waals surface area contributed by atoms with Gasteiger partial charge in [0.05, 0.1) is 0 Å². The van der Waals surface area contributed by atoms with E-state index in [0.29, 0.717) is 28.0 Å². The highest BCUT2D eigenvalue weighted by Gasteiger charge is 2.42. The lowest BCUT2D eigenvalue weighted by Gasteiger charge is -2.37. The number of carbonyl (C=O) groups excluding carboxylic acids is 1. The number of benzene rings is 1. The van der Waals surface area contributed by atoms with Gasteiger partial charge in [-0.2, -0.15) is 0 Å². The van der Waals surface area contributed by atoms with Crippen LogP contribution in [0.5, 0.6) is 0 Å². The third-order valence-corrected chi connectivity index (χ3v) is 5.08. The van der Waals surface area contributed by atoms with E-state index < -0.39 is 0 Å². The summed E-state index contributed by atoms with van der Waals surface area (Å²) in [5.74, 6) is -0.306. The summed E-state index contributed by atoms with van der Waals surface area (Å²) >= 11 is 3.67. The van der Waals surface area contributed by atoms with Crippen LogP contribution < -0.4 is 0 Å². The van der Waals surface area contributed by atoms with E-state index in [9.17, 15) is 9.18 Å². The molecule has 2 unspecified atom stereocenters. The Kier molecular flexibility index (Phi) is 3.37. The Hall–Kier alpha value is -0.900. The van der Waals surface area contributed by atoms with E-state index >= 15 is 0 Å². The lowest BCUT2D eigenvalue weighted by molar-refractivity contribution is 0.0603. The van der Waals surface area contributed by atoms with Gasteiger partial charge in [-0.05, 0) is 50.3 Å². The molecule has 1 aromatic carbocycles. The molecule has 0 aliphatic carbocycles. The topological polar surface area (TPSA) is 20.3 Å². The summed E-state index contributed by atoms with van der Waals surface area (Å²) in [6.45, 7) is 1.71. The van der Waals surface area contributed by atoms with Crippen LogP contribution in [0.4, 0.5) is 4.39 Å². The van der Waals surface area contributed by atoms with Crippen LogP contribution in [0.1, 0.15) is 41.6 Å². The summed E-state index contributed by atoms with van der Waals surface area (Å²) in [6, 6.07) is 5.43. The fourth-order valence-corrected chi connectivity index (χ4v) is 4.18. The Morgan fingerprint density at radius 3 is 2.53 bits per heavy atom. The molecule has 1 aromatic rings. The van der Waals surface area contributed by atoms with Gasteiger partial charge in [-0.1, -0.05) is 22.0 Å². The minimum absolute atomic E-state index is 0.00852. The minimum atomic E-state index is -0.298. The van der Waals surface area contributed by atoms with Gasteiger partial charge in [0.1, 0.15) is 5.82 Å². The highest BCUT2D eigenvalue weighted by molar-refractivity contribution is 9.09. The van der Waals surface area contributed by atoms with Crippen molar-refractivity contribution in [1.82, 2.24) is 4.90 Å². The van der Waals surface area contributed by atoms with Crippen molar-refractivity contribution in [3.05, 3.63) is 35.1 Å². The van der Waals surface area contributed by atoms with Gasteiger partial charge in [-0.25, -0.2) is 4.39 Å². The summed E-state index contributed by atoms with van der Waals surface area (Å²) in [6.07, 6.45) is 4.17. The standard InChI is InChI=1S/C15H17BrFNO/c1-9-2-3-10(6-14(9)17)15(19)18-12-4-5-13(18)8-11(16)7-12/h2-3,6,11-13H,4-5,7-8H2,1H3. The number of aryl methyl sites for hydroxylation is 1. The van der Waals surface area contributed by atoms with Crippen molar-refractivity contribution in [2.75, 3.05) is 0 Å². The predicted molar refractivity (Wildman–Crippen MR) is 76.1 cm³/mol. The van der Waals surface area contributed by atoms with Crippen LogP contribution in [0.25, 0.3) is 0 Å². The molecule has 4 heteroatoms. The molecule has 0 radical (unpaired) electrons. The van der Waals surface area contributed by atoms with Crippen LogP contribution in [0.3, 0.4) is 0 Å². The Morgan fingerprint density at radius 2 is 1.95 bits per heavy atom. The van der Waals surface area contributed by atoms with Crippen LogP contribution in [-0.2, 0) is 0 Å². The molecular formula is C15H17BrFNO. The summed E-state index contributed by atoms with van der Waals surface area (Å²) in [7, 11) is 0. The number of halogens is 2. The molecule has 2 nitrogen and oxygen atoms in total. The molecular weight excluding hydrogens is 309 g/mol. The number of amides is 1. The van der Waals surface area contributed by atoms with E-state index in [-0.39, 0.29) is 11.7 Å². The molecule has 2 aliphatic rings. The lowest BCUT2D eigenvalue weighted by atomic mass is 10.0. The van der Waals surface area contributed by atoms with Crippen molar-refractivity contribution >= 4 is 21.8 Å². The van der Waals surface area contributed by atoms with Crippen LogP contribution in [0.2, 0.25) is 0 Å². The van der Waals surface area contributed by atoms with Crippen LogP contribution in [-0.4, -0.2) is 27.7 Å². The van der Waals surface area contributed by atoms with Crippen molar-refractivity contribution < 1.29 is 9.18 Å². The first-order valence-corrected chi connectivity index (χ1v) is 7.70. The normalized spacial score (nSPS) is 29.6. The number of alkyl halides is 1. The van der Waals surface area contributed by atoms with E-state index in [4.69, 9.17) is 0 Å². The van der Waals surface area contributed by atoms with Gasteiger partial charge in [0.15, 0.2) is 0 Å². The fourth-order valence-electron chi connectivity index (χ4n) is 3.32. The van der Waals surface area contributed by atoms with Gasteiger partial charge in [-0.15, -0.1) is 0 Å². The average molecular weight is 326 g/mol. The molecule has 2 atom stereocenters. The molecule has 2 aliphatic heterocycles. The molecule has 3 rings (SSSR count). The zero-order valence-corrected chi connectivity index (χ0v) is 12.5. The van der Waals surface area contributed by atoms with Gasteiger partial charge in [0, 0.05) is 22.5 Å². The van der Waals surface area contributed by atoms with Crippen LogP contribution in [0.15, 0.2) is 18.2 Å². The van der Waals surface area contributed by atoms with E-state index in [0.717, 1.165) is 25.7 Å². The molecule has 2 saturated heterocycles. The zero-order valence-electron chi connectivity index (χ0n) is 10.9.